The van der Waals surface area contributed by atoms with E-state index in [0.29, 0.717) is 5.75 Å². The van der Waals surface area contributed by atoms with Crippen LogP contribution in [0, 0.1) is 6.92 Å². The molecule has 0 spiro atoms. The molecule has 0 saturated carbocycles. The van der Waals surface area contributed by atoms with Gasteiger partial charge in [0.1, 0.15) is 5.75 Å². The number of hydrogen-bond acceptors (Lipinski definition) is 1. The number of hydrogen-bond donors (Lipinski definition) is 1. The summed E-state index contributed by atoms with van der Waals surface area (Å²) in [6, 6.07) is 3.93. The molecule has 14 heavy (non-hydrogen) atoms. The van der Waals surface area contributed by atoms with Gasteiger partial charge < -0.3 is 5.11 Å². The lowest BCUT2D eigenvalue weighted by molar-refractivity contribution is 0.470. The van der Waals surface area contributed by atoms with E-state index in [9.17, 15) is 5.11 Å². The third-order valence-electron chi connectivity index (χ3n) is 2.34. The average molecular weight is 190 g/mol. The summed E-state index contributed by atoms with van der Waals surface area (Å²) >= 11 is 0. The molecule has 1 aliphatic carbocycles. The van der Waals surface area contributed by atoms with Gasteiger partial charge in [-0.15, -0.1) is 0 Å². The van der Waals surface area contributed by atoms with Crippen LogP contribution < -0.4 is 0 Å². The summed E-state index contributed by atoms with van der Waals surface area (Å²) in [4.78, 5) is 0. The van der Waals surface area contributed by atoms with Gasteiger partial charge in [0.05, 0.1) is 0 Å². The van der Waals surface area contributed by atoms with Crippen molar-refractivity contribution in [2.75, 3.05) is 0 Å². The molecule has 0 atom stereocenters. The molecular formula is C13H18O. The van der Waals surface area contributed by atoms with Gasteiger partial charge in [0.25, 0.3) is 0 Å². The number of phenolic OH excluding ortho intramolecular Hbond substituents is 1. The Balaban J connectivity index is 0.000000461. The molecule has 0 heterocycles. The van der Waals surface area contributed by atoms with Crippen molar-refractivity contribution in [2.24, 2.45) is 0 Å². The summed E-state index contributed by atoms with van der Waals surface area (Å²) in [6.07, 6.45) is 6.46. The first-order chi connectivity index (χ1) is 6.77. The van der Waals surface area contributed by atoms with Gasteiger partial charge >= 0.3 is 0 Å². The zero-order valence-corrected chi connectivity index (χ0v) is 9.17. The Hall–Kier alpha value is -1.24. The Morgan fingerprint density at radius 1 is 1.21 bits per heavy atom. The molecule has 1 N–H and O–H groups in total. The van der Waals surface area contributed by atoms with E-state index in [1.165, 1.54) is 11.1 Å². The molecule has 0 aromatic heterocycles. The molecule has 1 aromatic carbocycles. The maximum Gasteiger partial charge on any atom is 0.118 e. The standard InChI is InChI=1S/C11H12O.C2H6/c1-8-6-9-4-2-3-5-10(9)7-11(8)12;1-2/h2,4,6-7,12H,3,5H2,1H3;1-2H3. The fourth-order valence-electron chi connectivity index (χ4n) is 1.58. The molecule has 1 aliphatic rings. The van der Waals surface area contributed by atoms with Crippen LogP contribution in [0.1, 0.15) is 37.0 Å². The van der Waals surface area contributed by atoms with E-state index in [-0.39, 0.29) is 0 Å². The molecule has 0 bridgehead atoms. The number of phenols is 1. The predicted octanol–water partition coefficient (Wildman–Crippen LogP) is 3.69. The molecule has 1 aromatic rings. The second-order valence-electron chi connectivity index (χ2n) is 3.28. The normalized spacial score (nSPS) is 12.8. The third kappa shape index (κ3) is 2.16. The SMILES string of the molecule is CC.Cc1cc2c(cc1O)CCC=C2. The highest BCUT2D eigenvalue weighted by atomic mass is 16.3. The molecule has 0 unspecified atom stereocenters. The summed E-state index contributed by atoms with van der Waals surface area (Å²) < 4.78 is 0. The molecule has 0 radical (unpaired) electrons. The predicted molar refractivity (Wildman–Crippen MR) is 61.5 cm³/mol. The van der Waals surface area contributed by atoms with Gasteiger partial charge in [-0.1, -0.05) is 26.0 Å². The average Bonchev–Trinajstić information content (AvgIpc) is 2.23. The molecule has 76 valence electrons. The zero-order valence-electron chi connectivity index (χ0n) is 9.17. The van der Waals surface area contributed by atoms with Crippen LogP contribution in [-0.4, -0.2) is 5.11 Å². The lowest BCUT2D eigenvalue weighted by atomic mass is 9.95. The fraction of sp³-hybridized carbons (Fsp3) is 0.385. The van der Waals surface area contributed by atoms with Crippen molar-refractivity contribution in [2.45, 2.75) is 33.6 Å². The third-order valence-corrected chi connectivity index (χ3v) is 2.34. The van der Waals surface area contributed by atoms with Gasteiger partial charge in [-0.05, 0) is 48.6 Å². The first-order valence-electron chi connectivity index (χ1n) is 5.26. The van der Waals surface area contributed by atoms with Gasteiger partial charge in [-0.3, -0.25) is 0 Å². The highest BCUT2D eigenvalue weighted by Gasteiger charge is 2.06. The summed E-state index contributed by atoms with van der Waals surface area (Å²) in [5, 5.41) is 9.45. The van der Waals surface area contributed by atoms with Gasteiger partial charge in [-0.25, -0.2) is 0 Å². The van der Waals surface area contributed by atoms with Gasteiger partial charge in [0.15, 0.2) is 0 Å². The van der Waals surface area contributed by atoms with E-state index in [4.69, 9.17) is 0 Å². The van der Waals surface area contributed by atoms with Crippen LogP contribution >= 0.6 is 0 Å². The lowest BCUT2D eigenvalue weighted by Crippen LogP contribution is -1.94. The second kappa shape index (κ2) is 4.85. The molecule has 2 rings (SSSR count). The van der Waals surface area contributed by atoms with E-state index in [1.54, 1.807) is 0 Å². The Kier molecular flexibility index (Phi) is 3.75. The first-order valence-corrected chi connectivity index (χ1v) is 5.26. The minimum absolute atomic E-state index is 0.420. The highest BCUT2D eigenvalue weighted by Crippen LogP contribution is 2.26. The number of aryl methyl sites for hydroxylation is 2. The van der Waals surface area contributed by atoms with Crippen molar-refractivity contribution < 1.29 is 5.11 Å². The zero-order chi connectivity index (χ0) is 10.6. The van der Waals surface area contributed by atoms with Crippen molar-refractivity contribution in [3.05, 3.63) is 34.9 Å². The highest BCUT2D eigenvalue weighted by molar-refractivity contribution is 5.59. The van der Waals surface area contributed by atoms with Crippen LogP contribution in [0.4, 0.5) is 0 Å². The minimum atomic E-state index is 0.420. The summed E-state index contributed by atoms with van der Waals surface area (Å²) in [5.41, 5.74) is 3.48. The molecule has 0 fully saturated rings. The van der Waals surface area contributed by atoms with Crippen LogP contribution in [0.15, 0.2) is 18.2 Å². The molecule has 0 amide bonds. The fourth-order valence-corrected chi connectivity index (χ4v) is 1.58. The quantitative estimate of drug-likeness (QED) is 0.661. The number of fused-ring (bicyclic) bond motifs is 1. The Morgan fingerprint density at radius 3 is 2.64 bits per heavy atom. The number of rotatable bonds is 0. The van der Waals surface area contributed by atoms with Gasteiger partial charge in [0.2, 0.25) is 0 Å². The molecule has 1 heteroatoms. The largest absolute Gasteiger partial charge is 0.508 e. The van der Waals surface area contributed by atoms with Crippen molar-refractivity contribution in [1.29, 1.82) is 0 Å². The Morgan fingerprint density at radius 2 is 1.93 bits per heavy atom. The summed E-state index contributed by atoms with van der Waals surface area (Å²) in [5.74, 6) is 0.420. The van der Waals surface area contributed by atoms with Gasteiger partial charge in [0, 0.05) is 0 Å². The first kappa shape index (κ1) is 10.8. The monoisotopic (exact) mass is 190 g/mol. The Labute approximate surface area is 86.1 Å². The molecule has 1 nitrogen and oxygen atoms in total. The van der Waals surface area contributed by atoms with E-state index >= 15 is 0 Å². The number of benzene rings is 1. The lowest BCUT2D eigenvalue weighted by Gasteiger charge is -2.11. The smallest absolute Gasteiger partial charge is 0.118 e. The van der Waals surface area contributed by atoms with E-state index in [2.05, 4.69) is 12.2 Å². The van der Waals surface area contributed by atoms with Gasteiger partial charge in [-0.2, -0.15) is 0 Å². The van der Waals surface area contributed by atoms with Crippen molar-refractivity contribution in [3.63, 3.8) is 0 Å². The van der Waals surface area contributed by atoms with Crippen LogP contribution in [0.2, 0.25) is 0 Å². The Bertz CT molecular complexity index is 337. The molecular weight excluding hydrogens is 172 g/mol. The maximum absolute atomic E-state index is 9.45. The van der Waals surface area contributed by atoms with E-state index in [1.807, 2.05) is 32.9 Å². The second-order valence-corrected chi connectivity index (χ2v) is 3.28. The minimum Gasteiger partial charge on any atom is -0.508 e. The summed E-state index contributed by atoms with van der Waals surface area (Å²) in [7, 11) is 0. The van der Waals surface area contributed by atoms with E-state index in [0.717, 1.165) is 18.4 Å². The number of aromatic hydroxyl groups is 1. The van der Waals surface area contributed by atoms with Crippen molar-refractivity contribution in [1.82, 2.24) is 0 Å². The topological polar surface area (TPSA) is 20.2 Å². The summed E-state index contributed by atoms with van der Waals surface area (Å²) in [6.45, 7) is 5.93. The van der Waals surface area contributed by atoms with Crippen molar-refractivity contribution >= 4 is 6.08 Å². The van der Waals surface area contributed by atoms with Crippen molar-refractivity contribution in [3.8, 4) is 5.75 Å². The number of allylic oxidation sites excluding steroid dienone is 1. The van der Waals surface area contributed by atoms with E-state index < -0.39 is 0 Å². The maximum atomic E-state index is 9.45. The van der Waals surface area contributed by atoms with Crippen LogP contribution in [0.3, 0.4) is 0 Å². The van der Waals surface area contributed by atoms with Crippen LogP contribution in [0.25, 0.3) is 6.08 Å². The van der Waals surface area contributed by atoms with Crippen LogP contribution in [0.5, 0.6) is 5.75 Å². The van der Waals surface area contributed by atoms with Crippen LogP contribution in [-0.2, 0) is 6.42 Å². The molecule has 0 saturated heterocycles. The molecule has 0 aliphatic heterocycles.